The van der Waals surface area contributed by atoms with Gasteiger partial charge in [-0.2, -0.15) is 0 Å². The van der Waals surface area contributed by atoms with E-state index in [0.717, 1.165) is 32.1 Å². The summed E-state index contributed by atoms with van der Waals surface area (Å²) in [6.45, 7) is 2.01. The molecule has 0 aliphatic rings. The van der Waals surface area contributed by atoms with Gasteiger partial charge in [0, 0.05) is 28.8 Å². The molecule has 0 atom stereocenters. The van der Waals surface area contributed by atoms with E-state index in [4.69, 9.17) is 0 Å². The predicted octanol–water partition coefficient (Wildman–Crippen LogP) is 4.48. The zero-order chi connectivity index (χ0) is 17.1. The third-order valence-corrected chi connectivity index (χ3v) is 5.47. The number of halogens is 1. The molecule has 0 radical (unpaired) electrons. The second kappa shape index (κ2) is 7.23. The van der Waals surface area contributed by atoms with Crippen molar-refractivity contribution in [1.82, 2.24) is 9.97 Å². The zero-order valence-corrected chi connectivity index (χ0v) is 15.8. The number of hydrogen-bond donors (Lipinski definition) is 0. The van der Waals surface area contributed by atoms with Crippen LogP contribution in [0, 0.1) is 6.92 Å². The van der Waals surface area contributed by atoms with E-state index in [1.54, 1.807) is 18.1 Å². The Morgan fingerprint density at radius 3 is 2.83 bits per heavy atom. The molecule has 1 aromatic carbocycles. The van der Waals surface area contributed by atoms with Crippen molar-refractivity contribution >= 4 is 38.9 Å². The van der Waals surface area contributed by atoms with Crippen LogP contribution in [0.2, 0.25) is 0 Å². The lowest BCUT2D eigenvalue weighted by molar-refractivity contribution is -0.117. The van der Waals surface area contributed by atoms with Crippen LogP contribution >= 0.6 is 27.3 Å². The number of aromatic nitrogens is 2. The maximum Gasteiger partial charge on any atom is 0.232 e. The third-order valence-electron chi connectivity index (χ3n) is 3.67. The average Bonchev–Trinajstić information content (AvgIpc) is 3.06. The smallest absolute Gasteiger partial charge is 0.232 e. The van der Waals surface area contributed by atoms with Crippen LogP contribution < -0.4 is 4.90 Å². The van der Waals surface area contributed by atoms with Crippen LogP contribution in [0.15, 0.2) is 52.4 Å². The standard InChI is InChI=1S/C18H16BrN3OS/c1-12-9-14(6-7-15(12)19)22(2)17(23)10-13-11-24-18(21-13)16-5-3-4-8-20-16/h3-9,11H,10H2,1-2H3. The molecule has 0 fully saturated rings. The summed E-state index contributed by atoms with van der Waals surface area (Å²) in [6, 6.07) is 11.6. The summed E-state index contributed by atoms with van der Waals surface area (Å²) in [4.78, 5) is 23.0. The molecule has 3 aromatic rings. The van der Waals surface area contributed by atoms with E-state index in [1.807, 2.05) is 48.7 Å². The summed E-state index contributed by atoms with van der Waals surface area (Å²) in [6.07, 6.45) is 2.01. The molecule has 0 aliphatic carbocycles. The molecule has 2 aromatic heterocycles. The lowest BCUT2D eigenvalue weighted by Gasteiger charge is -2.17. The number of amides is 1. The number of likely N-dealkylation sites (N-methyl/N-ethyl adjacent to an activating group) is 1. The Bertz CT molecular complexity index is 864. The van der Waals surface area contributed by atoms with Crippen LogP contribution in [0.4, 0.5) is 5.69 Å². The molecule has 4 nitrogen and oxygen atoms in total. The molecule has 0 unspecified atom stereocenters. The molecule has 0 saturated heterocycles. The first-order chi connectivity index (χ1) is 11.5. The highest BCUT2D eigenvalue weighted by atomic mass is 79.9. The molecule has 0 bridgehead atoms. The van der Waals surface area contributed by atoms with E-state index in [9.17, 15) is 4.79 Å². The van der Waals surface area contributed by atoms with Gasteiger partial charge in [0.15, 0.2) is 0 Å². The summed E-state index contributed by atoms with van der Waals surface area (Å²) in [5.74, 6) is 0.00888. The van der Waals surface area contributed by atoms with Crippen molar-refractivity contribution in [2.75, 3.05) is 11.9 Å². The van der Waals surface area contributed by atoms with Gasteiger partial charge in [-0.15, -0.1) is 11.3 Å². The molecule has 2 heterocycles. The largest absolute Gasteiger partial charge is 0.315 e. The zero-order valence-electron chi connectivity index (χ0n) is 13.4. The highest BCUT2D eigenvalue weighted by molar-refractivity contribution is 9.10. The molecule has 1 amide bonds. The van der Waals surface area contributed by atoms with E-state index < -0.39 is 0 Å². The molecule has 0 saturated carbocycles. The van der Waals surface area contributed by atoms with E-state index in [0.29, 0.717) is 0 Å². The van der Waals surface area contributed by atoms with E-state index in [-0.39, 0.29) is 12.3 Å². The van der Waals surface area contributed by atoms with Crippen molar-refractivity contribution in [2.45, 2.75) is 13.3 Å². The first-order valence-corrected chi connectivity index (χ1v) is 9.10. The maximum atomic E-state index is 12.5. The van der Waals surface area contributed by atoms with Gasteiger partial charge in [-0.25, -0.2) is 4.98 Å². The molecule has 122 valence electrons. The monoisotopic (exact) mass is 401 g/mol. The summed E-state index contributed by atoms with van der Waals surface area (Å²) in [5.41, 5.74) is 3.57. The minimum atomic E-state index is 0.00888. The van der Waals surface area contributed by atoms with E-state index >= 15 is 0 Å². The number of carbonyl (C=O) groups excluding carboxylic acids is 1. The Balaban J connectivity index is 1.73. The predicted molar refractivity (Wildman–Crippen MR) is 101 cm³/mol. The third kappa shape index (κ3) is 3.71. The number of nitrogens with zero attached hydrogens (tertiary/aromatic N) is 3. The van der Waals surface area contributed by atoms with Crippen LogP contribution in [0.25, 0.3) is 10.7 Å². The molecular formula is C18H16BrN3OS. The SMILES string of the molecule is Cc1cc(N(C)C(=O)Cc2csc(-c3ccccn3)n2)ccc1Br. The number of anilines is 1. The normalized spacial score (nSPS) is 10.6. The van der Waals surface area contributed by atoms with Crippen molar-refractivity contribution in [3.8, 4) is 10.7 Å². The number of pyridine rings is 1. The molecule has 3 rings (SSSR count). The van der Waals surface area contributed by atoms with Gasteiger partial charge in [-0.1, -0.05) is 22.0 Å². The van der Waals surface area contributed by atoms with Gasteiger partial charge >= 0.3 is 0 Å². The van der Waals surface area contributed by atoms with Crippen LogP contribution in [0.3, 0.4) is 0 Å². The topological polar surface area (TPSA) is 46.1 Å². The fourth-order valence-corrected chi connectivity index (χ4v) is 3.29. The molecular weight excluding hydrogens is 386 g/mol. The van der Waals surface area contributed by atoms with Crippen LogP contribution in [-0.2, 0) is 11.2 Å². The van der Waals surface area contributed by atoms with Gasteiger partial charge in [-0.3, -0.25) is 9.78 Å². The number of hydrogen-bond acceptors (Lipinski definition) is 4. The summed E-state index contributed by atoms with van der Waals surface area (Å²) < 4.78 is 1.03. The second-order valence-electron chi connectivity index (χ2n) is 5.42. The van der Waals surface area contributed by atoms with Gasteiger partial charge in [0.25, 0.3) is 0 Å². The molecule has 24 heavy (non-hydrogen) atoms. The minimum absolute atomic E-state index is 0.00888. The first kappa shape index (κ1) is 16.8. The number of aryl methyl sites for hydroxylation is 1. The molecule has 0 aliphatic heterocycles. The Morgan fingerprint density at radius 2 is 2.12 bits per heavy atom. The number of benzene rings is 1. The van der Waals surface area contributed by atoms with Crippen LogP contribution in [-0.4, -0.2) is 22.9 Å². The Hall–Kier alpha value is -2.05. The summed E-state index contributed by atoms with van der Waals surface area (Å²) >= 11 is 4.98. The van der Waals surface area contributed by atoms with Crippen molar-refractivity contribution < 1.29 is 4.79 Å². The van der Waals surface area contributed by atoms with Crippen molar-refractivity contribution in [1.29, 1.82) is 0 Å². The molecule has 6 heteroatoms. The van der Waals surface area contributed by atoms with Crippen LogP contribution in [0.5, 0.6) is 0 Å². The fraction of sp³-hybridized carbons (Fsp3) is 0.167. The van der Waals surface area contributed by atoms with Crippen molar-refractivity contribution in [3.05, 3.63) is 63.7 Å². The van der Waals surface area contributed by atoms with Gasteiger partial charge in [0.1, 0.15) is 5.01 Å². The lowest BCUT2D eigenvalue weighted by Crippen LogP contribution is -2.28. The van der Waals surface area contributed by atoms with E-state index in [1.165, 1.54) is 11.3 Å². The Morgan fingerprint density at radius 1 is 1.29 bits per heavy atom. The summed E-state index contributed by atoms with van der Waals surface area (Å²) in [7, 11) is 1.79. The lowest BCUT2D eigenvalue weighted by atomic mass is 10.2. The number of carbonyl (C=O) groups is 1. The fourth-order valence-electron chi connectivity index (χ4n) is 2.25. The maximum absolute atomic E-state index is 12.5. The number of thiazole rings is 1. The van der Waals surface area contributed by atoms with Crippen molar-refractivity contribution in [3.63, 3.8) is 0 Å². The van der Waals surface area contributed by atoms with Gasteiger partial charge in [-0.05, 0) is 42.8 Å². The second-order valence-corrected chi connectivity index (χ2v) is 7.13. The van der Waals surface area contributed by atoms with Gasteiger partial charge < -0.3 is 4.90 Å². The first-order valence-electron chi connectivity index (χ1n) is 7.43. The quantitative estimate of drug-likeness (QED) is 0.647. The minimum Gasteiger partial charge on any atom is -0.315 e. The number of rotatable bonds is 4. The molecule has 0 spiro atoms. The Kier molecular flexibility index (Phi) is 5.06. The highest BCUT2D eigenvalue weighted by Crippen LogP contribution is 2.24. The summed E-state index contributed by atoms with van der Waals surface area (Å²) in [5, 5.41) is 2.75. The average molecular weight is 402 g/mol. The Labute approximate surface area is 153 Å². The highest BCUT2D eigenvalue weighted by Gasteiger charge is 2.15. The molecule has 0 N–H and O–H groups in total. The van der Waals surface area contributed by atoms with Crippen LogP contribution in [0.1, 0.15) is 11.3 Å². The van der Waals surface area contributed by atoms with E-state index in [2.05, 4.69) is 25.9 Å². The van der Waals surface area contributed by atoms with Crippen molar-refractivity contribution in [2.24, 2.45) is 0 Å². The van der Waals surface area contributed by atoms with Gasteiger partial charge in [0.2, 0.25) is 5.91 Å². The van der Waals surface area contributed by atoms with Gasteiger partial charge in [0.05, 0.1) is 17.8 Å².